The molecule has 0 radical (unpaired) electrons. The number of nitrogens with one attached hydrogen (secondary N) is 2. The summed E-state index contributed by atoms with van der Waals surface area (Å²) in [5.41, 5.74) is 5.05. The van der Waals surface area contributed by atoms with Crippen LogP contribution < -0.4 is 10.9 Å². The monoisotopic (exact) mass is 307 g/mol. The quantitative estimate of drug-likeness (QED) is 0.767. The number of hydrazine groups is 1. The number of rotatable bonds is 3. The van der Waals surface area contributed by atoms with Gasteiger partial charge in [-0.15, -0.1) is 0 Å². The molecule has 6 heteroatoms. The second-order valence-corrected chi connectivity index (χ2v) is 6.85. The van der Waals surface area contributed by atoms with Crippen molar-refractivity contribution in [1.29, 1.82) is 0 Å². The molecule has 6 nitrogen and oxygen atoms in total. The normalized spacial score (nSPS) is 26.6. The summed E-state index contributed by atoms with van der Waals surface area (Å²) in [6.45, 7) is 0.495. The molecule has 2 aliphatic carbocycles. The van der Waals surface area contributed by atoms with Crippen LogP contribution in [0.5, 0.6) is 0 Å². The standard InChI is InChI=1S/C16H25N3O3/c20-14-9-12(10-19(14)13-7-3-4-8-13)16(22)18-17-15(21)11-5-1-2-6-11/h11-13H,1-10H2,(H,17,21)(H,18,22). The van der Waals surface area contributed by atoms with Gasteiger partial charge >= 0.3 is 0 Å². The van der Waals surface area contributed by atoms with Crippen molar-refractivity contribution in [2.45, 2.75) is 63.8 Å². The summed E-state index contributed by atoms with van der Waals surface area (Å²) in [7, 11) is 0. The maximum Gasteiger partial charge on any atom is 0.243 e. The van der Waals surface area contributed by atoms with Crippen molar-refractivity contribution < 1.29 is 14.4 Å². The van der Waals surface area contributed by atoms with E-state index < -0.39 is 0 Å². The highest BCUT2D eigenvalue weighted by molar-refractivity contribution is 5.90. The highest BCUT2D eigenvalue weighted by Gasteiger charge is 2.38. The Hall–Kier alpha value is -1.59. The third kappa shape index (κ3) is 3.25. The molecule has 0 aromatic heterocycles. The van der Waals surface area contributed by atoms with Gasteiger partial charge in [-0.3, -0.25) is 25.2 Å². The molecule has 2 N–H and O–H groups in total. The number of nitrogens with zero attached hydrogens (tertiary/aromatic N) is 1. The Kier molecular flexibility index (Phi) is 4.64. The molecule has 122 valence electrons. The summed E-state index contributed by atoms with van der Waals surface area (Å²) in [6.07, 6.45) is 8.68. The first-order valence-corrected chi connectivity index (χ1v) is 8.54. The molecule has 22 heavy (non-hydrogen) atoms. The van der Waals surface area contributed by atoms with Crippen LogP contribution in [0.15, 0.2) is 0 Å². The minimum Gasteiger partial charge on any atom is -0.339 e. The number of carbonyl (C=O) groups is 3. The molecule has 0 aromatic rings. The van der Waals surface area contributed by atoms with Crippen LogP contribution in [0.2, 0.25) is 0 Å². The number of likely N-dealkylation sites (tertiary alicyclic amines) is 1. The molecule has 2 saturated carbocycles. The zero-order chi connectivity index (χ0) is 15.5. The average molecular weight is 307 g/mol. The molecular formula is C16H25N3O3. The molecule has 3 rings (SSSR count). The summed E-state index contributed by atoms with van der Waals surface area (Å²) >= 11 is 0. The zero-order valence-corrected chi connectivity index (χ0v) is 13.0. The zero-order valence-electron chi connectivity index (χ0n) is 13.0. The Morgan fingerprint density at radius 1 is 0.864 bits per heavy atom. The van der Waals surface area contributed by atoms with Crippen LogP contribution in [0.3, 0.4) is 0 Å². The van der Waals surface area contributed by atoms with Gasteiger partial charge in [0.1, 0.15) is 0 Å². The van der Waals surface area contributed by atoms with E-state index >= 15 is 0 Å². The Bertz CT molecular complexity index is 454. The van der Waals surface area contributed by atoms with E-state index in [1.807, 2.05) is 4.90 Å². The Morgan fingerprint density at radius 3 is 2.05 bits per heavy atom. The lowest BCUT2D eigenvalue weighted by Gasteiger charge is -2.23. The minimum absolute atomic E-state index is 0.0282. The van der Waals surface area contributed by atoms with E-state index in [2.05, 4.69) is 10.9 Å². The first kappa shape index (κ1) is 15.3. The number of carbonyl (C=O) groups excluding carboxylic acids is 3. The molecule has 1 saturated heterocycles. The first-order chi connectivity index (χ1) is 10.6. The van der Waals surface area contributed by atoms with Crippen LogP contribution in [-0.2, 0) is 14.4 Å². The molecule has 3 amide bonds. The fraction of sp³-hybridized carbons (Fsp3) is 0.812. The van der Waals surface area contributed by atoms with Crippen molar-refractivity contribution in [1.82, 2.24) is 15.8 Å². The summed E-state index contributed by atoms with van der Waals surface area (Å²) in [5.74, 6) is -0.560. The topological polar surface area (TPSA) is 78.5 Å². The Labute approximate surface area is 131 Å². The molecule has 0 spiro atoms. The van der Waals surface area contributed by atoms with Gasteiger partial charge in [0.05, 0.1) is 5.92 Å². The van der Waals surface area contributed by atoms with Gasteiger partial charge in [-0.2, -0.15) is 0 Å². The Balaban J connectivity index is 1.46. The molecule has 1 unspecified atom stereocenters. The predicted molar refractivity (Wildman–Crippen MR) is 80.3 cm³/mol. The van der Waals surface area contributed by atoms with Crippen molar-refractivity contribution in [3.63, 3.8) is 0 Å². The highest BCUT2D eigenvalue weighted by Crippen LogP contribution is 2.29. The highest BCUT2D eigenvalue weighted by atomic mass is 16.2. The third-order valence-electron chi connectivity index (χ3n) is 5.33. The van der Waals surface area contributed by atoms with E-state index in [9.17, 15) is 14.4 Å². The molecule has 1 heterocycles. The molecule has 0 bridgehead atoms. The van der Waals surface area contributed by atoms with E-state index in [-0.39, 0.29) is 36.0 Å². The van der Waals surface area contributed by atoms with Gasteiger partial charge < -0.3 is 4.90 Å². The summed E-state index contributed by atoms with van der Waals surface area (Å²) in [5, 5.41) is 0. The third-order valence-corrected chi connectivity index (χ3v) is 5.33. The molecule has 3 fully saturated rings. The molecule has 1 atom stereocenters. The van der Waals surface area contributed by atoms with E-state index in [4.69, 9.17) is 0 Å². The van der Waals surface area contributed by atoms with Crippen LogP contribution in [-0.4, -0.2) is 35.2 Å². The van der Waals surface area contributed by atoms with E-state index in [1.54, 1.807) is 0 Å². The lowest BCUT2D eigenvalue weighted by Crippen LogP contribution is -2.47. The summed E-state index contributed by atoms with van der Waals surface area (Å²) in [4.78, 5) is 38.0. The van der Waals surface area contributed by atoms with Gasteiger partial charge in [0.2, 0.25) is 17.7 Å². The van der Waals surface area contributed by atoms with Crippen molar-refractivity contribution in [3.8, 4) is 0 Å². The fourth-order valence-electron chi connectivity index (χ4n) is 3.99. The van der Waals surface area contributed by atoms with E-state index in [0.29, 0.717) is 12.6 Å². The van der Waals surface area contributed by atoms with Crippen LogP contribution in [0.1, 0.15) is 57.8 Å². The van der Waals surface area contributed by atoms with Crippen molar-refractivity contribution in [3.05, 3.63) is 0 Å². The van der Waals surface area contributed by atoms with Crippen molar-refractivity contribution in [2.24, 2.45) is 11.8 Å². The van der Waals surface area contributed by atoms with Gasteiger partial charge in [-0.1, -0.05) is 25.7 Å². The second kappa shape index (κ2) is 6.67. The number of amides is 3. The van der Waals surface area contributed by atoms with Gasteiger partial charge in [0, 0.05) is 24.9 Å². The molecule has 0 aromatic carbocycles. The number of hydrogen-bond donors (Lipinski definition) is 2. The number of hydrogen-bond acceptors (Lipinski definition) is 3. The van der Waals surface area contributed by atoms with Crippen molar-refractivity contribution >= 4 is 17.7 Å². The SMILES string of the molecule is O=C(NNC(=O)C1CC(=O)N(C2CCCC2)C1)C1CCCC1. The Morgan fingerprint density at radius 2 is 1.41 bits per heavy atom. The van der Waals surface area contributed by atoms with E-state index in [0.717, 1.165) is 38.5 Å². The molecule has 1 aliphatic heterocycles. The average Bonchev–Trinajstić information content (AvgIpc) is 3.24. The van der Waals surface area contributed by atoms with Crippen molar-refractivity contribution in [2.75, 3.05) is 6.54 Å². The fourth-order valence-corrected chi connectivity index (χ4v) is 3.99. The van der Waals surface area contributed by atoms with Gasteiger partial charge in [-0.25, -0.2) is 0 Å². The maximum absolute atomic E-state index is 12.2. The van der Waals surface area contributed by atoms with Gasteiger partial charge in [-0.05, 0) is 25.7 Å². The first-order valence-electron chi connectivity index (χ1n) is 8.54. The van der Waals surface area contributed by atoms with Gasteiger partial charge in [0.25, 0.3) is 0 Å². The summed E-state index contributed by atoms with van der Waals surface area (Å²) < 4.78 is 0. The van der Waals surface area contributed by atoms with Crippen LogP contribution in [0, 0.1) is 11.8 Å². The summed E-state index contributed by atoms with van der Waals surface area (Å²) in [6, 6.07) is 0.318. The largest absolute Gasteiger partial charge is 0.339 e. The second-order valence-electron chi connectivity index (χ2n) is 6.85. The van der Waals surface area contributed by atoms with Crippen LogP contribution >= 0.6 is 0 Å². The van der Waals surface area contributed by atoms with Crippen LogP contribution in [0.25, 0.3) is 0 Å². The smallest absolute Gasteiger partial charge is 0.243 e. The minimum atomic E-state index is -0.336. The lowest BCUT2D eigenvalue weighted by molar-refractivity contribution is -0.133. The van der Waals surface area contributed by atoms with Crippen LogP contribution in [0.4, 0.5) is 0 Å². The molecule has 3 aliphatic rings. The predicted octanol–water partition coefficient (Wildman–Crippen LogP) is 1.12. The van der Waals surface area contributed by atoms with Gasteiger partial charge in [0.15, 0.2) is 0 Å². The molecular weight excluding hydrogens is 282 g/mol. The lowest BCUT2D eigenvalue weighted by atomic mass is 10.1. The maximum atomic E-state index is 12.2. The van der Waals surface area contributed by atoms with E-state index in [1.165, 1.54) is 12.8 Å².